The van der Waals surface area contributed by atoms with Crippen LogP contribution in [0.1, 0.15) is 71.9 Å². The van der Waals surface area contributed by atoms with Gasteiger partial charge in [0.05, 0.1) is 0 Å². The lowest BCUT2D eigenvalue weighted by atomic mass is 9.79. The van der Waals surface area contributed by atoms with Gasteiger partial charge in [-0.2, -0.15) is 0 Å². The topological polar surface area (TPSA) is 0 Å². The summed E-state index contributed by atoms with van der Waals surface area (Å²) in [5.41, 5.74) is 5.64. The van der Waals surface area contributed by atoms with Crippen LogP contribution in [-0.4, -0.2) is 0 Å². The van der Waals surface area contributed by atoms with Gasteiger partial charge < -0.3 is 0 Å². The van der Waals surface area contributed by atoms with Crippen molar-refractivity contribution in [2.45, 2.75) is 57.8 Å². The molecule has 3 aromatic rings. The van der Waals surface area contributed by atoms with E-state index < -0.39 is 11.6 Å². The third kappa shape index (κ3) is 5.25. The second-order valence-electron chi connectivity index (χ2n) is 8.62. The number of halogens is 3. The van der Waals surface area contributed by atoms with E-state index in [-0.39, 0.29) is 11.7 Å². The molecule has 0 amide bonds. The second-order valence-corrected chi connectivity index (χ2v) is 8.62. The molecule has 1 aliphatic carbocycles. The molecule has 1 atom stereocenters. The monoisotopic (exact) mass is 432 g/mol. The molecule has 0 saturated carbocycles. The van der Waals surface area contributed by atoms with Crippen LogP contribution >= 0.6 is 0 Å². The zero-order valence-corrected chi connectivity index (χ0v) is 18.4. The normalized spacial score (nSPS) is 15.1. The maximum absolute atomic E-state index is 14.8. The Morgan fingerprint density at radius 3 is 2.31 bits per heavy atom. The van der Waals surface area contributed by atoms with Crippen molar-refractivity contribution >= 4 is 0 Å². The third-order valence-electron chi connectivity index (χ3n) is 6.28. The lowest BCUT2D eigenvalue weighted by Gasteiger charge is -2.25. The van der Waals surface area contributed by atoms with Gasteiger partial charge in [0.15, 0.2) is 11.6 Å². The highest BCUT2D eigenvalue weighted by molar-refractivity contribution is 5.47. The Morgan fingerprint density at radius 2 is 1.56 bits per heavy atom. The summed E-state index contributed by atoms with van der Waals surface area (Å²) in [5.74, 6) is 4.27. The molecule has 0 radical (unpaired) electrons. The van der Waals surface area contributed by atoms with Crippen molar-refractivity contribution in [2.24, 2.45) is 0 Å². The van der Waals surface area contributed by atoms with E-state index in [0.29, 0.717) is 5.56 Å². The van der Waals surface area contributed by atoms with E-state index in [4.69, 9.17) is 0 Å². The standard InChI is InChI=1S/C29H27F3/c1-2-3-4-5-20-9-14-26(28(31)17-20)25-13-12-23-16-21(8-11-24(23)19-25)6-7-22-10-15-27(30)29(32)18-22/h8-11,14-18,25H,2-5,12-13,19H2,1H3. The Hall–Kier alpha value is -2.99. The third-order valence-corrected chi connectivity index (χ3v) is 6.28. The SMILES string of the molecule is CCCCCc1ccc(C2CCc3cc(C#Cc4ccc(F)c(F)c4)ccc3C2)c(F)c1. The minimum absolute atomic E-state index is 0.0820. The maximum atomic E-state index is 14.8. The maximum Gasteiger partial charge on any atom is 0.160 e. The van der Waals surface area contributed by atoms with Crippen LogP contribution < -0.4 is 0 Å². The van der Waals surface area contributed by atoms with E-state index in [1.54, 1.807) is 6.07 Å². The van der Waals surface area contributed by atoms with Crippen LogP contribution in [0.15, 0.2) is 54.6 Å². The number of aryl methyl sites for hydroxylation is 2. The molecule has 0 saturated heterocycles. The van der Waals surface area contributed by atoms with E-state index in [2.05, 4.69) is 37.0 Å². The molecule has 0 spiro atoms. The van der Waals surface area contributed by atoms with Gasteiger partial charge in [-0.15, -0.1) is 0 Å². The van der Waals surface area contributed by atoms with E-state index in [1.165, 1.54) is 30.0 Å². The van der Waals surface area contributed by atoms with Crippen molar-refractivity contribution in [1.29, 1.82) is 0 Å². The van der Waals surface area contributed by atoms with Gasteiger partial charge in [-0.25, -0.2) is 13.2 Å². The van der Waals surface area contributed by atoms with Gasteiger partial charge >= 0.3 is 0 Å². The Balaban J connectivity index is 1.46. The average Bonchev–Trinajstić information content (AvgIpc) is 2.80. The molecule has 164 valence electrons. The predicted molar refractivity (Wildman–Crippen MR) is 123 cm³/mol. The summed E-state index contributed by atoms with van der Waals surface area (Å²) < 4.78 is 41.3. The zero-order valence-electron chi connectivity index (χ0n) is 18.4. The summed E-state index contributed by atoms with van der Waals surface area (Å²) in [4.78, 5) is 0. The van der Waals surface area contributed by atoms with Crippen LogP contribution in [0.3, 0.4) is 0 Å². The van der Waals surface area contributed by atoms with E-state index in [9.17, 15) is 13.2 Å². The molecular formula is C29H27F3. The summed E-state index contributed by atoms with van der Waals surface area (Å²) in [6, 6.07) is 15.5. The highest BCUT2D eigenvalue weighted by atomic mass is 19.2. The summed E-state index contributed by atoms with van der Waals surface area (Å²) in [6.07, 6.45) is 6.98. The number of rotatable bonds is 5. The fourth-order valence-corrected chi connectivity index (χ4v) is 4.45. The molecule has 0 fully saturated rings. The van der Waals surface area contributed by atoms with Gasteiger partial charge in [-0.1, -0.05) is 49.8 Å². The van der Waals surface area contributed by atoms with Crippen LogP contribution in [0.2, 0.25) is 0 Å². The molecule has 4 rings (SSSR count). The molecule has 1 aliphatic rings. The number of fused-ring (bicyclic) bond motifs is 1. The fraction of sp³-hybridized carbons (Fsp3) is 0.310. The van der Waals surface area contributed by atoms with Crippen molar-refractivity contribution < 1.29 is 13.2 Å². The van der Waals surface area contributed by atoms with Crippen LogP contribution in [0.5, 0.6) is 0 Å². The van der Waals surface area contributed by atoms with Gasteiger partial charge in [0, 0.05) is 11.1 Å². The molecule has 0 aliphatic heterocycles. The van der Waals surface area contributed by atoms with Crippen LogP contribution in [0, 0.1) is 29.3 Å². The van der Waals surface area contributed by atoms with Crippen molar-refractivity contribution in [1.82, 2.24) is 0 Å². The van der Waals surface area contributed by atoms with Crippen LogP contribution in [-0.2, 0) is 19.3 Å². The van der Waals surface area contributed by atoms with Crippen molar-refractivity contribution in [3.8, 4) is 11.8 Å². The quantitative estimate of drug-likeness (QED) is 0.289. The van der Waals surface area contributed by atoms with Crippen molar-refractivity contribution in [3.05, 3.63) is 105 Å². The molecule has 32 heavy (non-hydrogen) atoms. The molecule has 3 aromatic carbocycles. The summed E-state index contributed by atoms with van der Waals surface area (Å²) in [5, 5.41) is 0. The lowest BCUT2D eigenvalue weighted by molar-refractivity contribution is 0.508. The van der Waals surface area contributed by atoms with Gasteiger partial charge in [-0.3, -0.25) is 0 Å². The fourth-order valence-electron chi connectivity index (χ4n) is 4.45. The van der Waals surface area contributed by atoms with Crippen molar-refractivity contribution in [3.63, 3.8) is 0 Å². The minimum atomic E-state index is -0.894. The van der Waals surface area contributed by atoms with E-state index >= 15 is 0 Å². The Kier molecular flexibility index (Phi) is 7.00. The predicted octanol–water partition coefficient (Wildman–Crippen LogP) is 7.51. The number of unbranched alkanes of at least 4 members (excludes halogenated alkanes) is 2. The Labute approximate surface area is 188 Å². The van der Waals surface area contributed by atoms with Crippen molar-refractivity contribution in [2.75, 3.05) is 0 Å². The van der Waals surface area contributed by atoms with Gasteiger partial charge in [-0.05, 0) is 96.7 Å². The molecule has 0 N–H and O–H groups in total. The first-order chi connectivity index (χ1) is 15.5. The summed E-state index contributed by atoms with van der Waals surface area (Å²) >= 11 is 0. The smallest absolute Gasteiger partial charge is 0.160 e. The lowest BCUT2D eigenvalue weighted by Crippen LogP contribution is -2.14. The molecule has 1 unspecified atom stereocenters. The highest BCUT2D eigenvalue weighted by Gasteiger charge is 2.22. The number of hydrogen-bond acceptors (Lipinski definition) is 0. The first-order valence-electron chi connectivity index (χ1n) is 11.4. The largest absolute Gasteiger partial charge is 0.207 e. The van der Waals surface area contributed by atoms with E-state index in [0.717, 1.165) is 60.9 Å². The summed E-state index contributed by atoms with van der Waals surface area (Å²) in [6.45, 7) is 2.17. The average molecular weight is 433 g/mol. The van der Waals surface area contributed by atoms with Crippen LogP contribution in [0.25, 0.3) is 0 Å². The Bertz CT molecular complexity index is 1170. The molecule has 0 bridgehead atoms. The molecule has 3 heteroatoms. The van der Waals surface area contributed by atoms with E-state index in [1.807, 2.05) is 12.1 Å². The highest BCUT2D eigenvalue weighted by Crippen LogP contribution is 2.34. The summed E-state index contributed by atoms with van der Waals surface area (Å²) in [7, 11) is 0. The van der Waals surface area contributed by atoms with Gasteiger partial charge in [0.1, 0.15) is 5.82 Å². The van der Waals surface area contributed by atoms with Gasteiger partial charge in [0.2, 0.25) is 0 Å². The first-order valence-corrected chi connectivity index (χ1v) is 11.4. The zero-order chi connectivity index (χ0) is 22.5. The number of hydrogen-bond donors (Lipinski definition) is 0. The Morgan fingerprint density at radius 1 is 0.781 bits per heavy atom. The van der Waals surface area contributed by atoms with Gasteiger partial charge in [0.25, 0.3) is 0 Å². The van der Waals surface area contributed by atoms with Crippen LogP contribution in [0.4, 0.5) is 13.2 Å². The molecule has 0 heterocycles. The minimum Gasteiger partial charge on any atom is -0.207 e. The number of benzene rings is 3. The molecule has 0 nitrogen and oxygen atoms in total. The molecular weight excluding hydrogens is 405 g/mol. The second kappa shape index (κ2) is 10.1. The molecule has 0 aromatic heterocycles. The first kappa shape index (κ1) is 22.2.